The number of likely N-dealkylation sites (tertiary alicyclic amines) is 1. The molecule has 170 valence electrons. The van der Waals surface area contributed by atoms with E-state index in [4.69, 9.17) is 0 Å². The van der Waals surface area contributed by atoms with Gasteiger partial charge in [-0.2, -0.15) is 4.98 Å². The van der Waals surface area contributed by atoms with Crippen LogP contribution < -0.4 is 15.5 Å². The van der Waals surface area contributed by atoms with Crippen molar-refractivity contribution in [1.82, 2.24) is 14.9 Å². The van der Waals surface area contributed by atoms with Crippen molar-refractivity contribution in [2.24, 2.45) is 5.92 Å². The number of hydrogen-bond donors (Lipinski definition) is 2. The van der Waals surface area contributed by atoms with Crippen LogP contribution in [-0.2, 0) is 4.79 Å². The zero-order valence-corrected chi connectivity index (χ0v) is 18.0. The number of nitrogens with one attached hydrogen (secondary N) is 2. The fraction of sp³-hybridized carbons (Fsp3) is 0.429. The highest BCUT2D eigenvalue weighted by atomic mass is 19.2. The van der Waals surface area contributed by atoms with Crippen molar-refractivity contribution in [2.45, 2.75) is 32.9 Å². The van der Waals surface area contributed by atoms with Gasteiger partial charge in [0.25, 0.3) is 5.91 Å². The van der Waals surface area contributed by atoms with Crippen molar-refractivity contribution >= 4 is 29.3 Å². The fourth-order valence-corrected chi connectivity index (χ4v) is 4.06. The van der Waals surface area contributed by atoms with E-state index in [1.54, 1.807) is 6.92 Å². The summed E-state index contributed by atoms with van der Waals surface area (Å²) in [4.78, 5) is 37.0. The molecule has 1 atom stereocenters. The molecule has 2 N–H and O–H groups in total. The van der Waals surface area contributed by atoms with Crippen LogP contribution in [0.3, 0.4) is 0 Å². The third kappa shape index (κ3) is 3.71. The Morgan fingerprint density at radius 2 is 1.81 bits per heavy atom. The molecule has 3 heterocycles. The molecule has 2 aliphatic rings. The second kappa shape index (κ2) is 7.95. The summed E-state index contributed by atoms with van der Waals surface area (Å²) in [5.74, 6) is -4.09. The largest absolute Gasteiger partial charge is 0.348 e. The molecular formula is C21H23F3N6O2. The smallest absolute Gasteiger partial charge is 0.254 e. The topological polar surface area (TPSA) is 90.5 Å². The van der Waals surface area contributed by atoms with Gasteiger partial charge in [-0.3, -0.25) is 9.59 Å². The summed E-state index contributed by atoms with van der Waals surface area (Å²) in [6, 6.07) is 0.841. The molecule has 1 aromatic carbocycles. The van der Waals surface area contributed by atoms with Gasteiger partial charge in [0.05, 0.1) is 11.7 Å². The van der Waals surface area contributed by atoms with Gasteiger partial charge in [-0.05, 0) is 25.0 Å². The van der Waals surface area contributed by atoms with Gasteiger partial charge in [0.15, 0.2) is 23.3 Å². The van der Waals surface area contributed by atoms with Crippen molar-refractivity contribution in [3.05, 3.63) is 40.8 Å². The highest BCUT2D eigenvalue weighted by Gasteiger charge is 2.36. The average Bonchev–Trinajstić information content (AvgIpc) is 2.68. The molecule has 2 amide bonds. The highest BCUT2D eigenvalue weighted by Crippen LogP contribution is 2.34. The van der Waals surface area contributed by atoms with Gasteiger partial charge in [-0.25, -0.2) is 18.2 Å². The maximum absolute atomic E-state index is 13.4. The second-order valence-electron chi connectivity index (χ2n) is 8.43. The molecule has 0 aliphatic carbocycles. The normalized spacial score (nSPS) is 18.4. The standard InChI is InChI=1S/C21H23F3N6O2/c1-9(2)17-19(31)27-16-10(3)25-21(28-18(16)29(17)4)26-12-7-30(8-12)20(32)11-5-13(22)15(24)14(23)6-11/h5-6,9,12,17H,7-8H2,1-4H3,(H,27,31)(H,25,26,28)/t17-/m0/s1. The highest BCUT2D eigenvalue weighted by molar-refractivity contribution is 6.03. The molecule has 0 radical (unpaired) electrons. The number of carbonyl (C=O) groups is 2. The Kier molecular flexibility index (Phi) is 5.43. The van der Waals surface area contributed by atoms with Crippen LogP contribution in [0.25, 0.3) is 0 Å². The van der Waals surface area contributed by atoms with Crippen molar-refractivity contribution in [1.29, 1.82) is 0 Å². The van der Waals surface area contributed by atoms with Crippen LogP contribution in [0.4, 0.5) is 30.6 Å². The summed E-state index contributed by atoms with van der Waals surface area (Å²) in [5, 5.41) is 6.03. The molecule has 0 bridgehead atoms. The summed E-state index contributed by atoms with van der Waals surface area (Å²) in [5.41, 5.74) is 0.910. The lowest BCUT2D eigenvalue weighted by Crippen LogP contribution is -2.57. The third-order valence-electron chi connectivity index (χ3n) is 5.70. The van der Waals surface area contributed by atoms with E-state index in [9.17, 15) is 22.8 Å². The Morgan fingerprint density at radius 1 is 1.19 bits per heavy atom. The van der Waals surface area contributed by atoms with Gasteiger partial charge in [-0.1, -0.05) is 13.8 Å². The van der Waals surface area contributed by atoms with Crippen molar-refractivity contribution in [3.63, 3.8) is 0 Å². The van der Waals surface area contributed by atoms with E-state index >= 15 is 0 Å². The molecule has 11 heteroatoms. The first-order valence-corrected chi connectivity index (χ1v) is 10.2. The maximum atomic E-state index is 13.4. The van der Waals surface area contributed by atoms with Crippen LogP contribution in [0.1, 0.15) is 29.9 Å². The number of fused-ring (bicyclic) bond motifs is 1. The predicted molar refractivity (Wildman–Crippen MR) is 112 cm³/mol. The molecule has 1 aromatic heterocycles. The zero-order valence-electron chi connectivity index (χ0n) is 18.0. The van der Waals surface area contributed by atoms with E-state index < -0.39 is 23.4 Å². The maximum Gasteiger partial charge on any atom is 0.254 e. The summed E-state index contributed by atoms with van der Waals surface area (Å²) in [7, 11) is 1.81. The van der Waals surface area contributed by atoms with E-state index in [0.29, 0.717) is 35.3 Å². The Balaban J connectivity index is 1.45. The number of amides is 2. The van der Waals surface area contributed by atoms with E-state index in [1.165, 1.54) is 4.90 Å². The van der Waals surface area contributed by atoms with Crippen LogP contribution in [-0.4, -0.2) is 58.9 Å². The first kappa shape index (κ1) is 21.8. The van der Waals surface area contributed by atoms with Gasteiger partial charge in [-0.15, -0.1) is 0 Å². The molecule has 0 unspecified atom stereocenters. The van der Waals surface area contributed by atoms with Crippen LogP contribution in [0.15, 0.2) is 12.1 Å². The van der Waals surface area contributed by atoms with Crippen molar-refractivity contribution in [2.75, 3.05) is 35.7 Å². The Hall–Kier alpha value is -3.37. The Morgan fingerprint density at radius 3 is 2.41 bits per heavy atom. The number of likely N-dealkylation sites (N-methyl/N-ethyl adjacent to an activating group) is 1. The molecule has 4 rings (SSSR count). The number of anilines is 3. The molecule has 1 fully saturated rings. The predicted octanol–water partition coefficient (Wildman–Crippen LogP) is 2.55. The van der Waals surface area contributed by atoms with Gasteiger partial charge in [0, 0.05) is 25.7 Å². The van der Waals surface area contributed by atoms with Crippen molar-refractivity contribution in [3.8, 4) is 0 Å². The van der Waals surface area contributed by atoms with Crippen LogP contribution in [0, 0.1) is 30.3 Å². The summed E-state index contributed by atoms with van der Waals surface area (Å²) >= 11 is 0. The number of nitrogens with zero attached hydrogens (tertiary/aromatic N) is 4. The number of aromatic nitrogens is 2. The Labute approximate surface area is 182 Å². The van der Waals surface area contributed by atoms with E-state index in [2.05, 4.69) is 20.6 Å². The van der Waals surface area contributed by atoms with Crippen LogP contribution in [0.5, 0.6) is 0 Å². The number of benzene rings is 1. The molecule has 0 spiro atoms. The van der Waals surface area contributed by atoms with Gasteiger partial charge in [0.2, 0.25) is 11.9 Å². The minimum absolute atomic E-state index is 0.0761. The third-order valence-corrected chi connectivity index (χ3v) is 5.70. The van der Waals surface area contributed by atoms with Crippen LogP contribution >= 0.6 is 0 Å². The van der Waals surface area contributed by atoms with E-state index in [1.807, 2.05) is 25.8 Å². The number of halogens is 3. The SMILES string of the molecule is Cc1nc(NC2CN(C(=O)c3cc(F)c(F)c(F)c3)C2)nc2c1NC(=O)[C@H](C(C)C)N2C. The second-order valence-corrected chi connectivity index (χ2v) is 8.43. The van der Waals surface area contributed by atoms with Gasteiger partial charge >= 0.3 is 0 Å². The molecule has 1 saturated heterocycles. The zero-order chi connectivity index (χ0) is 23.3. The summed E-state index contributed by atoms with van der Waals surface area (Å²) < 4.78 is 39.9. The first-order valence-electron chi connectivity index (χ1n) is 10.2. The number of aryl methyl sites for hydroxylation is 1. The molecule has 2 aliphatic heterocycles. The first-order chi connectivity index (χ1) is 15.1. The quantitative estimate of drug-likeness (QED) is 0.699. The molecule has 0 saturated carbocycles. The van der Waals surface area contributed by atoms with Gasteiger partial charge in [0.1, 0.15) is 11.7 Å². The minimum atomic E-state index is -1.61. The lowest BCUT2D eigenvalue weighted by atomic mass is 9.99. The van der Waals surface area contributed by atoms with Gasteiger partial charge < -0.3 is 20.4 Å². The van der Waals surface area contributed by atoms with Crippen molar-refractivity contribution < 1.29 is 22.8 Å². The fourth-order valence-electron chi connectivity index (χ4n) is 4.06. The van der Waals surface area contributed by atoms with E-state index in [0.717, 1.165) is 0 Å². The Bertz CT molecular complexity index is 1080. The van der Waals surface area contributed by atoms with Crippen LogP contribution in [0.2, 0.25) is 0 Å². The van der Waals surface area contributed by atoms with E-state index in [-0.39, 0.29) is 42.6 Å². The lowest BCUT2D eigenvalue weighted by molar-refractivity contribution is -0.118. The summed E-state index contributed by atoms with van der Waals surface area (Å²) in [6.45, 7) is 6.21. The molecule has 32 heavy (non-hydrogen) atoms. The summed E-state index contributed by atoms with van der Waals surface area (Å²) in [6.07, 6.45) is 0. The molecule has 8 nitrogen and oxygen atoms in total. The number of rotatable bonds is 4. The average molecular weight is 448 g/mol. The minimum Gasteiger partial charge on any atom is -0.348 e. The number of carbonyl (C=O) groups excluding carboxylic acids is 2. The monoisotopic (exact) mass is 448 g/mol. The molecule has 2 aromatic rings. The number of hydrogen-bond acceptors (Lipinski definition) is 6. The lowest BCUT2D eigenvalue weighted by Gasteiger charge is -2.40. The molecular weight excluding hydrogens is 425 g/mol.